The SMILES string of the molecule is CC(C)C1CCC2(CCCN(C)C2)C1.CC(C)C1CCC2(CCN(C)C2)C1.CC(C)C1CCC2(CCN(C)CC2)C1. The Morgan fingerprint density at radius 2 is 0.805 bits per heavy atom. The predicted octanol–water partition coefficient (Wildman–Crippen LogP) is 9.07. The van der Waals surface area contributed by atoms with E-state index in [-0.39, 0.29) is 0 Å². The van der Waals surface area contributed by atoms with Crippen molar-refractivity contribution in [2.45, 2.75) is 131 Å². The smallest absolute Gasteiger partial charge is 0.00355 e. The molecule has 3 aliphatic carbocycles. The summed E-state index contributed by atoms with van der Waals surface area (Å²) < 4.78 is 0. The molecule has 3 saturated carbocycles. The van der Waals surface area contributed by atoms with Crippen LogP contribution in [0.4, 0.5) is 0 Å². The van der Waals surface area contributed by atoms with Crippen molar-refractivity contribution in [1.29, 1.82) is 0 Å². The van der Waals surface area contributed by atoms with Crippen LogP contribution in [0, 0.1) is 51.8 Å². The van der Waals surface area contributed by atoms with Gasteiger partial charge in [-0.25, -0.2) is 0 Å². The zero-order chi connectivity index (χ0) is 29.8. The van der Waals surface area contributed by atoms with Crippen molar-refractivity contribution >= 4 is 0 Å². The molecular weight excluding hydrogens is 498 g/mol. The van der Waals surface area contributed by atoms with Crippen LogP contribution in [-0.4, -0.2) is 75.1 Å². The highest BCUT2D eigenvalue weighted by Gasteiger charge is 2.44. The second kappa shape index (κ2) is 14.3. The summed E-state index contributed by atoms with van der Waals surface area (Å²) in [5, 5.41) is 0. The van der Waals surface area contributed by atoms with E-state index in [1.165, 1.54) is 129 Å². The molecular formula is C38H73N3. The van der Waals surface area contributed by atoms with Crippen LogP contribution in [0.25, 0.3) is 0 Å². The first-order chi connectivity index (χ1) is 19.3. The second-order valence-electron chi connectivity index (χ2n) is 17.9. The Balaban J connectivity index is 0.000000142. The number of hydrogen-bond donors (Lipinski definition) is 0. The van der Waals surface area contributed by atoms with E-state index in [0.717, 1.165) is 51.8 Å². The third kappa shape index (κ3) is 8.97. The van der Waals surface area contributed by atoms with E-state index in [1.807, 2.05) is 0 Å². The highest BCUT2D eigenvalue weighted by molar-refractivity contribution is 4.96. The van der Waals surface area contributed by atoms with Crippen LogP contribution >= 0.6 is 0 Å². The summed E-state index contributed by atoms with van der Waals surface area (Å²) in [5.74, 6) is 5.78. The minimum atomic E-state index is 0.724. The van der Waals surface area contributed by atoms with Gasteiger partial charge >= 0.3 is 0 Å². The van der Waals surface area contributed by atoms with Crippen LogP contribution in [-0.2, 0) is 0 Å². The van der Waals surface area contributed by atoms with Crippen molar-refractivity contribution in [2.24, 2.45) is 51.8 Å². The maximum absolute atomic E-state index is 2.55. The van der Waals surface area contributed by atoms with Gasteiger partial charge in [-0.15, -0.1) is 0 Å². The van der Waals surface area contributed by atoms with E-state index in [0.29, 0.717) is 0 Å². The summed E-state index contributed by atoms with van der Waals surface area (Å²) in [6.45, 7) is 22.5. The molecule has 240 valence electrons. The van der Waals surface area contributed by atoms with Crippen molar-refractivity contribution in [1.82, 2.24) is 14.7 Å². The number of piperidine rings is 2. The van der Waals surface area contributed by atoms with Gasteiger partial charge in [-0.05, 0) is 189 Å². The zero-order valence-corrected chi connectivity index (χ0v) is 29.4. The number of hydrogen-bond acceptors (Lipinski definition) is 3. The summed E-state index contributed by atoms with van der Waals surface area (Å²) >= 11 is 0. The van der Waals surface area contributed by atoms with Gasteiger partial charge in [-0.1, -0.05) is 41.5 Å². The Labute approximate surface area is 257 Å². The van der Waals surface area contributed by atoms with E-state index < -0.39 is 0 Å². The molecule has 3 saturated heterocycles. The fraction of sp³-hybridized carbons (Fsp3) is 1.00. The van der Waals surface area contributed by atoms with Crippen LogP contribution in [0.15, 0.2) is 0 Å². The minimum Gasteiger partial charge on any atom is -0.306 e. The van der Waals surface area contributed by atoms with Crippen LogP contribution in [0.3, 0.4) is 0 Å². The van der Waals surface area contributed by atoms with Gasteiger partial charge in [0.05, 0.1) is 0 Å². The van der Waals surface area contributed by atoms with Gasteiger partial charge in [0.2, 0.25) is 0 Å². The average molecular weight is 572 g/mol. The Morgan fingerprint density at radius 1 is 0.439 bits per heavy atom. The summed E-state index contributed by atoms with van der Waals surface area (Å²) in [6.07, 6.45) is 20.9. The molecule has 6 aliphatic rings. The molecule has 0 aromatic heterocycles. The summed E-state index contributed by atoms with van der Waals surface area (Å²) in [6, 6.07) is 0. The molecule has 6 rings (SSSR count). The standard InChI is InChI=1S/2C13H25N.C12H23N/c1-11(2)12-5-7-13(9-12)6-4-8-14(3)10-13;1-11(2)12-4-5-13(10-12)6-8-14(3)9-7-13;1-10(2)11-4-5-12(8-11)6-7-13(3)9-12/h2*11-12H,4-10H2,1-3H3;10-11H,4-9H2,1-3H3. The quantitative estimate of drug-likeness (QED) is 0.334. The maximum Gasteiger partial charge on any atom is 0.00355 e. The zero-order valence-electron chi connectivity index (χ0n) is 29.4. The van der Waals surface area contributed by atoms with Gasteiger partial charge < -0.3 is 14.7 Å². The first-order valence-electron chi connectivity index (χ1n) is 18.4. The summed E-state index contributed by atoms with van der Waals surface area (Å²) in [5.41, 5.74) is 2.23. The molecule has 3 heterocycles. The van der Waals surface area contributed by atoms with E-state index in [1.54, 1.807) is 0 Å². The molecule has 3 spiro atoms. The number of likely N-dealkylation sites (tertiary alicyclic amines) is 3. The van der Waals surface area contributed by atoms with Crippen molar-refractivity contribution in [3.8, 4) is 0 Å². The van der Waals surface area contributed by atoms with Crippen molar-refractivity contribution in [3.63, 3.8) is 0 Å². The van der Waals surface area contributed by atoms with Gasteiger partial charge in [0, 0.05) is 13.1 Å². The molecule has 0 aromatic rings. The molecule has 3 aliphatic heterocycles. The first kappa shape index (κ1) is 33.8. The molecule has 0 radical (unpaired) electrons. The lowest BCUT2D eigenvalue weighted by molar-refractivity contribution is 0.107. The molecule has 0 N–H and O–H groups in total. The van der Waals surface area contributed by atoms with E-state index in [4.69, 9.17) is 0 Å². The second-order valence-corrected chi connectivity index (χ2v) is 17.9. The first-order valence-corrected chi connectivity index (χ1v) is 18.4. The molecule has 3 nitrogen and oxygen atoms in total. The predicted molar refractivity (Wildman–Crippen MR) is 179 cm³/mol. The van der Waals surface area contributed by atoms with Crippen molar-refractivity contribution in [2.75, 3.05) is 60.4 Å². The Morgan fingerprint density at radius 3 is 1.20 bits per heavy atom. The Kier molecular flexibility index (Phi) is 11.8. The van der Waals surface area contributed by atoms with Gasteiger partial charge in [-0.2, -0.15) is 0 Å². The van der Waals surface area contributed by atoms with Crippen LogP contribution in [0.1, 0.15) is 131 Å². The Hall–Kier alpha value is -0.120. The minimum absolute atomic E-state index is 0.724. The van der Waals surface area contributed by atoms with Gasteiger partial charge in [0.1, 0.15) is 0 Å². The third-order valence-corrected chi connectivity index (χ3v) is 13.6. The van der Waals surface area contributed by atoms with E-state index in [9.17, 15) is 0 Å². The number of nitrogens with zero attached hydrogens (tertiary/aromatic N) is 3. The fourth-order valence-corrected chi connectivity index (χ4v) is 10.4. The summed E-state index contributed by atoms with van der Waals surface area (Å²) in [7, 11) is 6.84. The van der Waals surface area contributed by atoms with Crippen LogP contribution < -0.4 is 0 Å². The lowest BCUT2D eigenvalue weighted by Crippen LogP contribution is -2.39. The van der Waals surface area contributed by atoms with Gasteiger partial charge in [0.25, 0.3) is 0 Å². The van der Waals surface area contributed by atoms with E-state index in [2.05, 4.69) is 77.4 Å². The van der Waals surface area contributed by atoms with Crippen molar-refractivity contribution < 1.29 is 0 Å². The lowest BCUT2D eigenvalue weighted by Gasteiger charge is -2.39. The molecule has 0 amide bonds. The maximum atomic E-state index is 2.55. The third-order valence-electron chi connectivity index (χ3n) is 13.6. The molecule has 0 aromatic carbocycles. The number of rotatable bonds is 3. The highest BCUT2D eigenvalue weighted by atomic mass is 15.1. The van der Waals surface area contributed by atoms with E-state index >= 15 is 0 Å². The molecule has 0 bridgehead atoms. The largest absolute Gasteiger partial charge is 0.306 e. The van der Waals surface area contributed by atoms with Gasteiger partial charge in [-0.3, -0.25) is 0 Å². The molecule has 3 heteroatoms. The van der Waals surface area contributed by atoms with Crippen LogP contribution in [0.2, 0.25) is 0 Å². The molecule has 5 atom stereocenters. The molecule has 41 heavy (non-hydrogen) atoms. The molecule has 6 fully saturated rings. The van der Waals surface area contributed by atoms with Crippen LogP contribution in [0.5, 0.6) is 0 Å². The summed E-state index contributed by atoms with van der Waals surface area (Å²) in [4.78, 5) is 7.56. The fourth-order valence-electron chi connectivity index (χ4n) is 10.4. The van der Waals surface area contributed by atoms with Gasteiger partial charge in [0.15, 0.2) is 0 Å². The topological polar surface area (TPSA) is 9.72 Å². The molecule has 5 unspecified atom stereocenters. The Bertz CT molecular complexity index is 782. The normalized spacial score (nSPS) is 37.9. The lowest BCUT2D eigenvalue weighted by atomic mass is 9.75. The monoisotopic (exact) mass is 572 g/mol. The van der Waals surface area contributed by atoms with Crippen molar-refractivity contribution in [3.05, 3.63) is 0 Å². The highest BCUT2D eigenvalue weighted by Crippen LogP contribution is 2.52. The average Bonchev–Trinajstić information content (AvgIpc) is 3.70.